The lowest BCUT2D eigenvalue weighted by atomic mass is 9.84. The van der Waals surface area contributed by atoms with Gasteiger partial charge in [0, 0.05) is 6.04 Å². The van der Waals surface area contributed by atoms with Crippen LogP contribution in [-0.2, 0) is 0 Å². The summed E-state index contributed by atoms with van der Waals surface area (Å²) in [5.74, 6) is 2.24. The van der Waals surface area contributed by atoms with Gasteiger partial charge in [0.1, 0.15) is 5.69 Å². The van der Waals surface area contributed by atoms with Gasteiger partial charge < -0.3 is 5.32 Å². The Kier molecular flexibility index (Phi) is 3.32. The first-order valence-corrected chi connectivity index (χ1v) is 8.23. The minimum absolute atomic E-state index is 0.103. The summed E-state index contributed by atoms with van der Waals surface area (Å²) < 4.78 is 0. The maximum absolute atomic E-state index is 12.4. The van der Waals surface area contributed by atoms with Crippen molar-refractivity contribution in [2.45, 2.75) is 38.6 Å². The van der Waals surface area contributed by atoms with E-state index in [0.29, 0.717) is 11.6 Å². The van der Waals surface area contributed by atoms with E-state index in [1.807, 2.05) is 24.3 Å². The molecule has 2 fully saturated rings. The van der Waals surface area contributed by atoms with Crippen molar-refractivity contribution in [3.8, 4) is 0 Å². The molecule has 2 aliphatic carbocycles. The highest BCUT2D eigenvalue weighted by Gasteiger charge is 2.42. The molecule has 4 atom stereocenters. The molecule has 4 nitrogen and oxygen atoms in total. The van der Waals surface area contributed by atoms with Gasteiger partial charge in [-0.15, -0.1) is 0 Å². The number of nitrogens with zero attached hydrogens (tertiary/aromatic N) is 2. The second-order valence-corrected chi connectivity index (χ2v) is 6.84. The number of fused-ring (bicyclic) bond motifs is 3. The summed E-state index contributed by atoms with van der Waals surface area (Å²) in [6.45, 7) is 2.14. The molecule has 0 aliphatic heterocycles. The highest BCUT2D eigenvalue weighted by Crippen LogP contribution is 2.49. The van der Waals surface area contributed by atoms with Crippen LogP contribution in [-0.4, -0.2) is 21.9 Å². The Hall–Kier alpha value is -1.97. The number of hydrogen-bond donors (Lipinski definition) is 1. The van der Waals surface area contributed by atoms with Gasteiger partial charge in [-0.2, -0.15) is 0 Å². The average Bonchev–Trinajstić information content (AvgIpc) is 3.17. The summed E-state index contributed by atoms with van der Waals surface area (Å²) in [4.78, 5) is 21.2. The predicted octanol–water partition coefficient (Wildman–Crippen LogP) is 3.18. The van der Waals surface area contributed by atoms with Gasteiger partial charge >= 0.3 is 0 Å². The largest absolute Gasteiger partial charge is 0.348 e. The number of para-hydroxylation sites is 2. The molecule has 4 rings (SSSR count). The maximum Gasteiger partial charge on any atom is 0.271 e. The standard InChI is InChI=1S/C18H21N3O/c1-11(14-9-12-6-7-13(14)8-12)20-18(22)17-10-19-15-4-2-3-5-16(15)21-17/h2-5,10-14H,6-9H2,1H3,(H,20,22)/t11-,12+,13+,14-/m1/s1. The van der Waals surface area contributed by atoms with Crippen molar-refractivity contribution in [3.63, 3.8) is 0 Å². The highest BCUT2D eigenvalue weighted by atomic mass is 16.1. The van der Waals surface area contributed by atoms with E-state index in [9.17, 15) is 4.79 Å². The molecule has 0 radical (unpaired) electrons. The third kappa shape index (κ3) is 2.36. The van der Waals surface area contributed by atoms with Gasteiger partial charge in [-0.1, -0.05) is 18.6 Å². The molecule has 4 heteroatoms. The number of rotatable bonds is 3. The van der Waals surface area contributed by atoms with Gasteiger partial charge in [0.15, 0.2) is 0 Å². The Balaban J connectivity index is 1.48. The lowest BCUT2D eigenvalue weighted by Gasteiger charge is -2.28. The van der Waals surface area contributed by atoms with E-state index >= 15 is 0 Å². The van der Waals surface area contributed by atoms with Crippen LogP contribution in [0.5, 0.6) is 0 Å². The SMILES string of the molecule is C[C@@H](NC(=O)c1cnc2ccccc2n1)[C@H]1C[C@H]2CC[C@H]1C2. The molecule has 114 valence electrons. The molecule has 1 aromatic carbocycles. The Morgan fingerprint density at radius 1 is 1.23 bits per heavy atom. The number of hydrogen-bond acceptors (Lipinski definition) is 3. The Morgan fingerprint density at radius 2 is 2.05 bits per heavy atom. The molecule has 0 spiro atoms. The van der Waals surface area contributed by atoms with E-state index in [2.05, 4.69) is 22.2 Å². The molecule has 0 saturated heterocycles. The summed E-state index contributed by atoms with van der Waals surface area (Å²) in [5.41, 5.74) is 2.00. The molecular weight excluding hydrogens is 274 g/mol. The lowest BCUT2D eigenvalue weighted by molar-refractivity contribution is 0.0910. The number of amides is 1. The molecule has 22 heavy (non-hydrogen) atoms. The Labute approximate surface area is 130 Å². The van der Waals surface area contributed by atoms with E-state index in [4.69, 9.17) is 0 Å². The first kappa shape index (κ1) is 13.7. The third-order valence-corrected chi connectivity index (χ3v) is 5.47. The van der Waals surface area contributed by atoms with Crippen molar-refractivity contribution in [2.24, 2.45) is 17.8 Å². The van der Waals surface area contributed by atoms with Crippen LogP contribution < -0.4 is 5.32 Å². The van der Waals surface area contributed by atoms with Crippen molar-refractivity contribution in [1.29, 1.82) is 0 Å². The summed E-state index contributed by atoms with van der Waals surface area (Å²) in [6, 6.07) is 7.85. The Morgan fingerprint density at radius 3 is 2.77 bits per heavy atom. The Bertz CT molecular complexity index is 714. The fraction of sp³-hybridized carbons (Fsp3) is 0.500. The molecule has 1 N–H and O–H groups in total. The first-order chi connectivity index (χ1) is 10.7. The van der Waals surface area contributed by atoms with E-state index < -0.39 is 0 Å². The highest BCUT2D eigenvalue weighted by molar-refractivity contribution is 5.93. The van der Waals surface area contributed by atoms with Crippen LogP contribution >= 0.6 is 0 Å². The van der Waals surface area contributed by atoms with E-state index in [1.54, 1.807) is 6.20 Å². The third-order valence-electron chi connectivity index (χ3n) is 5.47. The summed E-state index contributed by atoms with van der Waals surface area (Å²) in [7, 11) is 0. The fourth-order valence-electron chi connectivity index (χ4n) is 4.36. The maximum atomic E-state index is 12.4. The molecule has 2 aliphatic rings. The summed E-state index contributed by atoms with van der Waals surface area (Å²) in [5, 5.41) is 3.15. The molecular formula is C18H21N3O. The second-order valence-electron chi connectivity index (χ2n) is 6.84. The first-order valence-electron chi connectivity index (χ1n) is 8.23. The number of carbonyl (C=O) groups excluding carboxylic acids is 1. The zero-order valence-corrected chi connectivity index (χ0v) is 12.8. The number of nitrogens with one attached hydrogen (secondary N) is 1. The molecule has 1 heterocycles. The number of benzene rings is 1. The van der Waals surface area contributed by atoms with Crippen molar-refractivity contribution >= 4 is 16.9 Å². The van der Waals surface area contributed by atoms with Gasteiger partial charge in [0.2, 0.25) is 0 Å². The van der Waals surface area contributed by atoms with Gasteiger partial charge in [0.05, 0.1) is 17.2 Å². The van der Waals surface area contributed by atoms with Gasteiger partial charge in [-0.05, 0) is 56.1 Å². The minimum atomic E-state index is -0.103. The summed E-state index contributed by atoms with van der Waals surface area (Å²) >= 11 is 0. The van der Waals surface area contributed by atoms with Gasteiger partial charge in [-0.3, -0.25) is 9.78 Å². The van der Waals surface area contributed by atoms with Crippen LogP contribution in [0.4, 0.5) is 0 Å². The zero-order chi connectivity index (χ0) is 15.1. The van der Waals surface area contributed by atoms with Gasteiger partial charge in [-0.25, -0.2) is 4.98 Å². The van der Waals surface area contributed by atoms with Crippen LogP contribution in [0.25, 0.3) is 11.0 Å². The number of aromatic nitrogens is 2. The molecule has 1 amide bonds. The molecule has 0 unspecified atom stereocenters. The van der Waals surface area contributed by atoms with Crippen molar-refractivity contribution in [3.05, 3.63) is 36.2 Å². The minimum Gasteiger partial charge on any atom is -0.348 e. The summed E-state index contributed by atoms with van der Waals surface area (Å²) in [6.07, 6.45) is 6.94. The monoisotopic (exact) mass is 295 g/mol. The van der Waals surface area contributed by atoms with Crippen LogP contribution in [0.3, 0.4) is 0 Å². The molecule has 2 saturated carbocycles. The van der Waals surface area contributed by atoms with Crippen LogP contribution in [0.2, 0.25) is 0 Å². The lowest BCUT2D eigenvalue weighted by Crippen LogP contribution is -2.40. The topological polar surface area (TPSA) is 54.9 Å². The smallest absolute Gasteiger partial charge is 0.271 e. The quantitative estimate of drug-likeness (QED) is 0.946. The molecule has 2 aromatic rings. The number of carbonyl (C=O) groups is 1. The second kappa shape index (κ2) is 5.34. The van der Waals surface area contributed by atoms with Crippen LogP contribution in [0.15, 0.2) is 30.5 Å². The van der Waals surface area contributed by atoms with Crippen LogP contribution in [0, 0.1) is 17.8 Å². The average molecular weight is 295 g/mol. The van der Waals surface area contributed by atoms with Crippen molar-refractivity contribution < 1.29 is 4.79 Å². The van der Waals surface area contributed by atoms with E-state index in [-0.39, 0.29) is 11.9 Å². The van der Waals surface area contributed by atoms with Crippen molar-refractivity contribution in [2.75, 3.05) is 0 Å². The zero-order valence-electron chi connectivity index (χ0n) is 12.8. The van der Waals surface area contributed by atoms with E-state index in [0.717, 1.165) is 22.9 Å². The molecule has 1 aromatic heterocycles. The predicted molar refractivity (Wildman–Crippen MR) is 85.4 cm³/mol. The van der Waals surface area contributed by atoms with Crippen molar-refractivity contribution in [1.82, 2.24) is 15.3 Å². The fourth-order valence-corrected chi connectivity index (χ4v) is 4.36. The van der Waals surface area contributed by atoms with E-state index in [1.165, 1.54) is 25.7 Å². The normalized spacial score (nSPS) is 28.0. The van der Waals surface area contributed by atoms with Gasteiger partial charge in [0.25, 0.3) is 5.91 Å². The molecule has 2 bridgehead atoms. The van der Waals surface area contributed by atoms with Crippen LogP contribution in [0.1, 0.15) is 43.1 Å².